The van der Waals surface area contributed by atoms with Crippen LogP contribution in [0.5, 0.6) is 11.5 Å². The largest absolute Gasteiger partial charge is 0.493 e. The van der Waals surface area contributed by atoms with E-state index in [0.29, 0.717) is 17.9 Å². The molecule has 19 heavy (non-hydrogen) atoms. The van der Waals surface area contributed by atoms with Gasteiger partial charge in [-0.15, -0.1) is 0 Å². The average molecular weight is 270 g/mol. The fraction of sp³-hybridized carbons (Fsp3) is 0.429. The number of methoxy groups -OCH3 is 1. The molecule has 5 nitrogen and oxygen atoms in total. The van der Waals surface area contributed by atoms with Crippen LogP contribution in [0.15, 0.2) is 18.2 Å². The van der Waals surface area contributed by atoms with Crippen molar-refractivity contribution in [3.8, 4) is 11.5 Å². The number of rotatable bonds is 5. The predicted octanol–water partition coefficient (Wildman–Crippen LogP) is 2.91. The SMILES string of the molecule is C.C.COc1cc(CCC(=O)O)ccc1OC(C)=O. The molecule has 1 rings (SSSR count). The number of aliphatic carboxylic acids is 1. The van der Waals surface area contributed by atoms with Crippen molar-refractivity contribution in [2.45, 2.75) is 34.6 Å². The molecular weight excluding hydrogens is 248 g/mol. The van der Waals surface area contributed by atoms with Crippen molar-refractivity contribution in [3.05, 3.63) is 23.8 Å². The minimum atomic E-state index is -0.854. The van der Waals surface area contributed by atoms with E-state index in [1.165, 1.54) is 14.0 Å². The van der Waals surface area contributed by atoms with Crippen molar-refractivity contribution >= 4 is 11.9 Å². The molecule has 0 aliphatic rings. The van der Waals surface area contributed by atoms with E-state index in [1.807, 2.05) is 0 Å². The van der Waals surface area contributed by atoms with E-state index in [1.54, 1.807) is 18.2 Å². The zero-order chi connectivity index (χ0) is 12.8. The summed E-state index contributed by atoms with van der Waals surface area (Å²) in [6, 6.07) is 4.97. The van der Waals surface area contributed by atoms with E-state index in [4.69, 9.17) is 14.6 Å². The Balaban J connectivity index is 0. The van der Waals surface area contributed by atoms with Gasteiger partial charge in [0.15, 0.2) is 11.5 Å². The quantitative estimate of drug-likeness (QED) is 0.658. The molecular formula is C14H22O5. The molecule has 1 aromatic carbocycles. The van der Waals surface area contributed by atoms with Crippen molar-refractivity contribution in [1.82, 2.24) is 0 Å². The highest BCUT2D eigenvalue weighted by atomic mass is 16.6. The van der Waals surface area contributed by atoms with Gasteiger partial charge in [-0.05, 0) is 24.1 Å². The maximum Gasteiger partial charge on any atom is 0.308 e. The molecule has 1 aromatic rings. The van der Waals surface area contributed by atoms with Gasteiger partial charge in [0.25, 0.3) is 0 Å². The zero-order valence-electron chi connectivity index (χ0n) is 9.73. The second-order valence-corrected chi connectivity index (χ2v) is 3.47. The highest BCUT2D eigenvalue weighted by Crippen LogP contribution is 2.28. The molecule has 108 valence electrons. The molecule has 0 spiro atoms. The van der Waals surface area contributed by atoms with Crippen molar-refractivity contribution < 1.29 is 24.2 Å². The second kappa shape index (κ2) is 8.97. The number of aryl methyl sites for hydroxylation is 1. The normalized spacial score (nSPS) is 8.74. The third-order valence-corrected chi connectivity index (χ3v) is 2.11. The fourth-order valence-corrected chi connectivity index (χ4v) is 1.36. The standard InChI is InChI=1S/C12H14O5.2CH4/c1-8(13)17-10-5-3-9(4-6-12(14)15)7-11(10)16-2;;/h3,5,7H,4,6H2,1-2H3,(H,14,15);2*1H4. The highest BCUT2D eigenvalue weighted by molar-refractivity contribution is 5.70. The first-order chi connectivity index (χ1) is 8.02. The van der Waals surface area contributed by atoms with Gasteiger partial charge < -0.3 is 14.6 Å². The van der Waals surface area contributed by atoms with Gasteiger partial charge in [-0.2, -0.15) is 0 Å². The summed E-state index contributed by atoms with van der Waals surface area (Å²) in [5.41, 5.74) is 0.820. The van der Waals surface area contributed by atoms with Gasteiger partial charge in [-0.3, -0.25) is 9.59 Å². The van der Waals surface area contributed by atoms with E-state index < -0.39 is 11.9 Å². The number of benzene rings is 1. The number of carboxylic acid groups (broad SMARTS) is 1. The Morgan fingerprint density at radius 1 is 1.21 bits per heavy atom. The minimum absolute atomic E-state index is 0. The molecule has 5 heteroatoms. The molecule has 1 N–H and O–H groups in total. The molecule has 0 atom stereocenters. The van der Waals surface area contributed by atoms with Crippen LogP contribution in [-0.2, 0) is 16.0 Å². The number of hydrogen-bond acceptors (Lipinski definition) is 4. The van der Waals surface area contributed by atoms with E-state index in [-0.39, 0.29) is 21.3 Å². The van der Waals surface area contributed by atoms with E-state index in [0.717, 1.165) is 5.56 Å². The summed E-state index contributed by atoms with van der Waals surface area (Å²) in [6.45, 7) is 1.30. The van der Waals surface area contributed by atoms with Crippen LogP contribution >= 0.6 is 0 Å². The molecule has 0 fully saturated rings. The number of carbonyl (C=O) groups is 2. The van der Waals surface area contributed by atoms with Crippen molar-refractivity contribution in [2.75, 3.05) is 7.11 Å². The summed E-state index contributed by atoms with van der Waals surface area (Å²) in [7, 11) is 1.46. The van der Waals surface area contributed by atoms with Gasteiger partial charge in [0.2, 0.25) is 0 Å². The lowest BCUT2D eigenvalue weighted by atomic mass is 10.1. The summed E-state index contributed by atoms with van der Waals surface area (Å²) in [5, 5.41) is 8.57. The molecule has 0 unspecified atom stereocenters. The van der Waals surface area contributed by atoms with Crippen molar-refractivity contribution in [1.29, 1.82) is 0 Å². The van der Waals surface area contributed by atoms with Gasteiger partial charge in [0.05, 0.1) is 7.11 Å². The van der Waals surface area contributed by atoms with Gasteiger partial charge in [-0.25, -0.2) is 0 Å². The Hall–Kier alpha value is -2.04. The average Bonchev–Trinajstić information content (AvgIpc) is 2.26. The van der Waals surface area contributed by atoms with Gasteiger partial charge in [0, 0.05) is 13.3 Å². The first-order valence-corrected chi connectivity index (χ1v) is 5.10. The van der Waals surface area contributed by atoms with Crippen LogP contribution in [0.4, 0.5) is 0 Å². The van der Waals surface area contributed by atoms with Crippen LogP contribution in [0.1, 0.15) is 33.8 Å². The van der Waals surface area contributed by atoms with Crippen LogP contribution in [0.25, 0.3) is 0 Å². The molecule has 0 bridgehead atoms. The molecule has 0 radical (unpaired) electrons. The summed E-state index contributed by atoms with van der Waals surface area (Å²) >= 11 is 0. The Morgan fingerprint density at radius 3 is 2.32 bits per heavy atom. The summed E-state index contributed by atoms with van der Waals surface area (Å²) in [6.07, 6.45) is 0.460. The number of esters is 1. The van der Waals surface area contributed by atoms with E-state index >= 15 is 0 Å². The lowest BCUT2D eigenvalue weighted by molar-refractivity contribution is -0.137. The molecule has 0 aliphatic carbocycles. The van der Waals surface area contributed by atoms with Crippen LogP contribution in [-0.4, -0.2) is 24.2 Å². The Kier molecular flexibility index (Phi) is 9.11. The third kappa shape index (κ3) is 6.45. The summed E-state index contributed by atoms with van der Waals surface area (Å²) < 4.78 is 10.0. The lowest BCUT2D eigenvalue weighted by Crippen LogP contribution is -2.04. The summed E-state index contributed by atoms with van der Waals surface area (Å²) in [5.74, 6) is -0.531. The summed E-state index contributed by atoms with van der Waals surface area (Å²) in [4.78, 5) is 21.3. The van der Waals surface area contributed by atoms with E-state index in [9.17, 15) is 9.59 Å². The topological polar surface area (TPSA) is 72.8 Å². The number of carboxylic acids is 1. The van der Waals surface area contributed by atoms with Crippen LogP contribution in [0.2, 0.25) is 0 Å². The maximum atomic E-state index is 10.8. The Labute approximate surface area is 114 Å². The number of carbonyl (C=O) groups excluding carboxylic acids is 1. The molecule has 0 amide bonds. The molecule has 0 aromatic heterocycles. The minimum Gasteiger partial charge on any atom is -0.493 e. The highest BCUT2D eigenvalue weighted by Gasteiger charge is 2.08. The molecule has 0 heterocycles. The van der Waals surface area contributed by atoms with Crippen molar-refractivity contribution in [2.24, 2.45) is 0 Å². The maximum absolute atomic E-state index is 10.8. The van der Waals surface area contributed by atoms with Crippen LogP contribution in [0.3, 0.4) is 0 Å². The molecule has 0 aliphatic heterocycles. The van der Waals surface area contributed by atoms with Gasteiger partial charge in [-0.1, -0.05) is 20.9 Å². The van der Waals surface area contributed by atoms with Crippen LogP contribution in [0, 0.1) is 0 Å². The number of hydrogen-bond donors (Lipinski definition) is 1. The number of ether oxygens (including phenoxy) is 2. The lowest BCUT2D eigenvalue weighted by Gasteiger charge is -2.09. The van der Waals surface area contributed by atoms with Crippen LogP contribution < -0.4 is 9.47 Å². The smallest absolute Gasteiger partial charge is 0.308 e. The Bertz CT molecular complexity index is 426. The third-order valence-electron chi connectivity index (χ3n) is 2.11. The van der Waals surface area contributed by atoms with Gasteiger partial charge in [0.1, 0.15) is 0 Å². The monoisotopic (exact) mass is 270 g/mol. The zero-order valence-corrected chi connectivity index (χ0v) is 9.73. The van der Waals surface area contributed by atoms with E-state index in [2.05, 4.69) is 0 Å². The second-order valence-electron chi connectivity index (χ2n) is 3.47. The Morgan fingerprint density at radius 2 is 1.84 bits per heavy atom. The predicted molar refractivity (Wildman–Crippen MR) is 73.7 cm³/mol. The van der Waals surface area contributed by atoms with Crippen molar-refractivity contribution in [3.63, 3.8) is 0 Å². The molecule has 0 saturated carbocycles. The molecule has 0 saturated heterocycles. The van der Waals surface area contributed by atoms with Gasteiger partial charge >= 0.3 is 11.9 Å². The fourth-order valence-electron chi connectivity index (χ4n) is 1.36. The first-order valence-electron chi connectivity index (χ1n) is 5.10. The first kappa shape index (κ1) is 19.3.